The van der Waals surface area contributed by atoms with Crippen molar-refractivity contribution in [2.75, 3.05) is 4.90 Å². The van der Waals surface area contributed by atoms with Gasteiger partial charge in [0.1, 0.15) is 5.52 Å². The van der Waals surface area contributed by atoms with Crippen molar-refractivity contribution < 1.29 is 4.42 Å². The van der Waals surface area contributed by atoms with Crippen LogP contribution >= 0.6 is 0 Å². The molecular weight excluding hydrogens is 901 g/mol. The quantitative estimate of drug-likeness (QED) is 0.152. The standard InChI is InChI=1S/C69H50N4O/c1-68(2)57-23-13-11-21-53(57)55-37-31-46(41-59(55)68)51-39-40-52(47-32-38-56-54-22-12-14-24-58(54)69(3,4)60(56)42-47)66-65(51)71-63(43-17-7-5-8-18-43)64(72-66)44-27-33-49(34-28-44)73(48-19-9-6-10-20-48)50-35-29-45(30-36-50)67-70-61-25-15-16-26-62(61)74-67/h5-42H,1-4H3. The van der Waals surface area contributed by atoms with Crippen LogP contribution in [0.3, 0.4) is 0 Å². The molecule has 0 fully saturated rings. The number of aromatic nitrogens is 3. The van der Waals surface area contributed by atoms with E-state index in [1.165, 1.54) is 44.5 Å². The second kappa shape index (κ2) is 16.7. The van der Waals surface area contributed by atoms with Crippen LogP contribution in [0.25, 0.3) is 101 Å². The number of benzene rings is 10. The lowest BCUT2D eigenvalue weighted by molar-refractivity contribution is 0.620. The van der Waals surface area contributed by atoms with E-state index >= 15 is 0 Å². The summed E-state index contributed by atoms with van der Waals surface area (Å²) in [7, 11) is 0. The number of anilines is 3. The first-order valence-corrected chi connectivity index (χ1v) is 25.5. The molecule has 2 aliphatic carbocycles. The summed E-state index contributed by atoms with van der Waals surface area (Å²) in [5.41, 5.74) is 25.6. The molecule has 352 valence electrons. The zero-order chi connectivity index (χ0) is 49.7. The number of hydrogen-bond acceptors (Lipinski definition) is 5. The average Bonchev–Trinajstić information content (AvgIpc) is 4.07. The van der Waals surface area contributed by atoms with Gasteiger partial charge in [-0.3, -0.25) is 0 Å². The molecular formula is C69H50N4O. The lowest BCUT2D eigenvalue weighted by Crippen LogP contribution is -2.15. The fourth-order valence-corrected chi connectivity index (χ4v) is 11.9. The van der Waals surface area contributed by atoms with Gasteiger partial charge in [0, 0.05) is 55.7 Å². The van der Waals surface area contributed by atoms with Crippen molar-refractivity contribution in [1.82, 2.24) is 15.0 Å². The van der Waals surface area contributed by atoms with Crippen LogP contribution in [-0.4, -0.2) is 15.0 Å². The largest absolute Gasteiger partial charge is 0.436 e. The Kier molecular flexibility index (Phi) is 9.83. The van der Waals surface area contributed by atoms with E-state index in [1.54, 1.807) is 0 Å². The van der Waals surface area contributed by atoms with E-state index in [9.17, 15) is 0 Å². The summed E-state index contributed by atoms with van der Waals surface area (Å²) in [5, 5.41) is 0. The van der Waals surface area contributed by atoms with Crippen molar-refractivity contribution in [3.05, 3.63) is 253 Å². The van der Waals surface area contributed by atoms with Gasteiger partial charge in [-0.25, -0.2) is 15.0 Å². The maximum atomic E-state index is 6.15. The Morgan fingerprint density at radius 3 is 1.27 bits per heavy atom. The molecule has 0 amide bonds. The summed E-state index contributed by atoms with van der Waals surface area (Å²) >= 11 is 0. The number of nitrogens with zero attached hydrogens (tertiary/aromatic N) is 4. The molecule has 0 saturated heterocycles. The van der Waals surface area contributed by atoms with E-state index < -0.39 is 0 Å². The van der Waals surface area contributed by atoms with Gasteiger partial charge >= 0.3 is 0 Å². The Hall–Kier alpha value is -9.19. The molecule has 2 aliphatic rings. The van der Waals surface area contributed by atoms with Crippen LogP contribution in [0.5, 0.6) is 0 Å². The second-order valence-corrected chi connectivity index (χ2v) is 20.8. The predicted octanol–water partition coefficient (Wildman–Crippen LogP) is 18.2. The molecule has 10 aromatic carbocycles. The minimum atomic E-state index is -0.160. The third-order valence-corrected chi connectivity index (χ3v) is 15.7. The van der Waals surface area contributed by atoms with Gasteiger partial charge in [0.2, 0.25) is 5.89 Å². The zero-order valence-electron chi connectivity index (χ0n) is 41.6. The van der Waals surface area contributed by atoms with Crippen molar-refractivity contribution in [2.45, 2.75) is 38.5 Å². The van der Waals surface area contributed by atoms with Crippen molar-refractivity contribution >= 4 is 39.2 Å². The molecule has 2 heterocycles. The van der Waals surface area contributed by atoms with Crippen LogP contribution in [-0.2, 0) is 10.8 Å². The first-order chi connectivity index (χ1) is 36.2. The fourth-order valence-electron chi connectivity index (χ4n) is 11.9. The van der Waals surface area contributed by atoms with Crippen LogP contribution in [0.2, 0.25) is 0 Å². The van der Waals surface area contributed by atoms with Crippen LogP contribution in [0.15, 0.2) is 235 Å². The molecule has 14 rings (SSSR count). The van der Waals surface area contributed by atoms with E-state index in [4.69, 9.17) is 19.4 Å². The van der Waals surface area contributed by atoms with Gasteiger partial charge in [-0.2, -0.15) is 0 Å². The minimum Gasteiger partial charge on any atom is -0.436 e. The Bertz CT molecular complexity index is 4140. The third kappa shape index (κ3) is 6.88. The molecule has 12 aromatic rings. The number of fused-ring (bicyclic) bond motifs is 8. The summed E-state index contributed by atoms with van der Waals surface area (Å²) in [4.78, 5) is 18.7. The van der Waals surface area contributed by atoms with Crippen molar-refractivity contribution in [3.8, 4) is 78.5 Å². The Labute approximate surface area is 431 Å². The molecule has 0 spiro atoms. The highest BCUT2D eigenvalue weighted by Crippen LogP contribution is 2.52. The van der Waals surface area contributed by atoms with Crippen molar-refractivity contribution in [2.24, 2.45) is 0 Å². The second-order valence-electron chi connectivity index (χ2n) is 20.8. The van der Waals surface area contributed by atoms with Crippen molar-refractivity contribution in [3.63, 3.8) is 0 Å². The molecule has 0 bridgehead atoms. The molecule has 5 heteroatoms. The Balaban J connectivity index is 0.937. The van der Waals surface area contributed by atoms with E-state index in [2.05, 4.69) is 239 Å². The predicted molar refractivity (Wildman–Crippen MR) is 304 cm³/mol. The number of oxazole rings is 1. The van der Waals surface area contributed by atoms with Crippen LogP contribution in [0.4, 0.5) is 17.1 Å². The van der Waals surface area contributed by atoms with Gasteiger partial charge in [-0.1, -0.05) is 185 Å². The van der Waals surface area contributed by atoms with E-state index in [-0.39, 0.29) is 10.8 Å². The third-order valence-electron chi connectivity index (χ3n) is 15.7. The number of para-hydroxylation sites is 3. The summed E-state index contributed by atoms with van der Waals surface area (Å²) in [6.07, 6.45) is 0. The van der Waals surface area contributed by atoms with Gasteiger partial charge < -0.3 is 9.32 Å². The highest BCUT2D eigenvalue weighted by molar-refractivity contribution is 6.04. The SMILES string of the molecule is CC1(C)c2ccccc2-c2ccc(-c3ccc(-c4ccc5c(c4)C(C)(C)c4ccccc4-5)c4nc(-c5ccc(N(c6ccccc6)c6ccc(-c7nc8ccccc8o7)cc6)cc5)c(-c5ccccc5)nc34)cc21. The molecule has 0 radical (unpaired) electrons. The highest BCUT2D eigenvalue weighted by atomic mass is 16.3. The first kappa shape index (κ1) is 43.6. The van der Waals surface area contributed by atoms with Gasteiger partial charge in [0.15, 0.2) is 5.58 Å². The molecule has 74 heavy (non-hydrogen) atoms. The maximum Gasteiger partial charge on any atom is 0.227 e. The van der Waals surface area contributed by atoms with E-state index in [0.29, 0.717) is 5.89 Å². The minimum absolute atomic E-state index is 0.154. The Morgan fingerprint density at radius 1 is 0.324 bits per heavy atom. The normalized spacial score (nSPS) is 13.6. The summed E-state index contributed by atoms with van der Waals surface area (Å²) in [5.74, 6) is 0.599. The van der Waals surface area contributed by atoms with Gasteiger partial charge in [0.05, 0.1) is 22.4 Å². The maximum absolute atomic E-state index is 6.15. The van der Waals surface area contributed by atoms with Gasteiger partial charge in [-0.05, 0) is 128 Å². The zero-order valence-corrected chi connectivity index (χ0v) is 41.6. The molecule has 5 nitrogen and oxygen atoms in total. The highest BCUT2D eigenvalue weighted by Gasteiger charge is 2.37. The lowest BCUT2D eigenvalue weighted by atomic mass is 9.81. The molecule has 0 aliphatic heterocycles. The van der Waals surface area contributed by atoms with Crippen LogP contribution in [0.1, 0.15) is 49.9 Å². The lowest BCUT2D eigenvalue weighted by Gasteiger charge is -2.26. The van der Waals surface area contributed by atoms with Crippen LogP contribution < -0.4 is 4.90 Å². The number of rotatable bonds is 8. The van der Waals surface area contributed by atoms with E-state index in [1.807, 2.05) is 24.3 Å². The molecule has 0 N–H and O–H groups in total. The molecule has 0 atom stereocenters. The summed E-state index contributed by atoms with van der Waals surface area (Å²) in [6.45, 7) is 9.38. The summed E-state index contributed by atoms with van der Waals surface area (Å²) < 4.78 is 6.15. The Morgan fingerprint density at radius 2 is 0.730 bits per heavy atom. The van der Waals surface area contributed by atoms with Gasteiger partial charge in [-0.15, -0.1) is 0 Å². The summed E-state index contributed by atoms with van der Waals surface area (Å²) in [6, 6.07) is 82.3. The van der Waals surface area contributed by atoms with E-state index in [0.717, 1.165) is 89.5 Å². The van der Waals surface area contributed by atoms with Crippen molar-refractivity contribution in [1.29, 1.82) is 0 Å². The topological polar surface area (TPSA) is 55.1 Å². The smallest absolute Gasteiger partial charge is 0.227 e. The first-order valence-electron chi connectivity index (χ1n) is 25.5. The molecule has 0 saturated carbocycles. The van der Waals surface area contributed by atoms with Gasteiger partial charge in [0.25, 0.3) is 0 Å². The number of hydrogen-bond donors (Lipinski definition) is 0. The molecule has 0 unspecified atom stereocenters. The van der Waals surface area contributed by atoms with Crippen LogP contribution in [0, 0.1) is 0 Å². The average molecular weight is 951 g/mol. The molecule has 2 aromatic heterocycles. The monoisotopic (exact) mass is 950 g/mol. The fraction of sp³-hybridized carbons (Fsp3) is 0.0870.